The number of carbonyl (C=O) groups is 2. The first kappa shape index (κ1) is 62.7. The lowest BCUT2D eigenvalue weighted by Gasteiger charge is -2.29. The highest BCUT2D eigenvalue weighted by atomic mass is 16.7. The monoisotopic (exact) mass is 913 g/mol. The number of unbranched alkanes of at least 4 members (excludes halogenated alkanes) is 22. The number of hydrogen-bond donors (Lipinski definition) is 1. The minimum Gasteiger partial charge on any atom is -0.464 e. The van der Waals surface area contributed by atoms with Gasteiger partial charge in [0.05, 0.1) is 0 Å². The van der Waals surface area contributed by atoms with Gasteiger partial charge >= 0.3 is 11.9 Å². The summed E-state index contributed by atoms with van der Waals surface area (Å²) in [5.41, 5.74) is 0. The van der Waals surface area contributed by atoms with E-state index in [4.69, 9.17) is 28.4 Å². The number of rotatable bonds is 52. The van der Waals surface area contributed by atoms with Gasteiger partial charge in [0.2, 0.25) is 0 Å². The smallest absolute Gasteiger partial charge is 0.305 e. The third kappa shape index (κ3) is 44.5. The van der Waals surface area contributed by atoms with Gasteiger partial charge in [-0.05, 0) is 85.0 Å². The standard InChI is InChI=1S/C54H108N2O8/c1-8-12-16-20-24-32-42-61-53(62-43-33-25-21-17-13-9-2)38-30-28-36-51(57)59-46-40-55-50(7)48-56(49(5)6)41-47-60-52(58)37-29-31-39-54(63-44-34-26-22-18-14-10-3)64-45-35-27-23-19-15-11-4/h49-50,53-55H,8-48H2,1-7H3. The van der Waals surface area contributed by atoms with Crippen LogP contribution in [0.5, 0.6) is 0 Å². The van der Waals surface area contributed by atoms with Crippen molar-refractivity contribution >= 4 is 11.9 Å². The average molecular weight is 913 g/mol. The van der Waals surface area contributed by atoms with E-state index in [1.807, 2.05) is 0 Å². The lowest BCUT2D eigenvalue weighted by molar-refractivity contribution is -0.150. The first-order valence-corrected chi connectivity index (χ1v) is 27.5. The molecule has 0 aromatic carbocycles. The summed E-state index contributed by atoms with van der Waals surface area (Å²) in [6.45, 7) is 21.3. The summed E-state index contributed by atoms with van der Waals surface area (Å²) in [7, 11) is 0. The Morgan fingerprint density at radius 1 is 0.422 bits per heavy atom. The molecule has 0 aromatic rings. The van der Waals surface area contributed by atoms with Crippen molar-refractivity contribution in [1.82, 2.24) is 10.2 Å². The molecule has 0 aromatic heterocycles. The van der Waals surface area contributed by atoms with Crippen LogP contribution < -0.4 is 5.32 Å². The van der Waals surface area contributed by atoms with E-state index >= 15 is 0 Å². The maximum Gasteiger partial charge on any atom is 0.305 e. The number of esters is 2. The van der Waals surface area contributed by atoms with Gasteiger partial charge in [-0.25, -0.2) is 0 Å². The van der Waals surface area contributed by atoms with Gasteiger partial charge in [0.1, 0.15) is 13.2 Å². The van der Waals surface area contributed by atoms with Crippen molar-refractivity contribution in [3.8, 4) is 0 Å². The van der Waals surface area contributed by atoms with Crippen LogP contribution in [0.4, 0.5) is 0 Å². The summed E-state index contributed by atoms with van der Waals surface area (Å²) < 4.78 is 35.9. The van der Waals surface area contributed by atoms with E-state index in [1.165, 1.54) is 128 Å². The van der Waals surface area contributed by atoms with Crippen molar-refractivity contribution < 1.29 is 38.0 Å². The molecule has 0 radical (unpaired) electrons. The zero-order valence-corrected chi connectivity index (χ0v) is 43.5. The molecule has 0 saturated heterocycles. The predicted molar refractivity (Wildman–Crippen MR) is 268 cm³/mol. The van der Waals surface area contributed by atoms with Gasteiger partial charge in [-0.15, -0.1) is 0 Å². The molecule has 1 N–H and O–H groups in total. The maximum absolute atomic E-state index is 12.6. The van der Waals surface area contributed by atoms with Gasteiger partial charge in [-0.1, -0.05) is 156 Å². The Balaban J connectivity index is 4.37. The van der Waals surface area contributed by atoms with Crippen LogP contribution in [-0.4, -0.2) is 101 Å². The van der Waals surface area contributed by atoms with Gasteiger partial charge in [-0.3, -0.25) is 14.5 Å². The van der Waals surface area contributed by atoms with E-state index in [-0.39, 0.29) is 30.6 Å². The summed E-state index contributed by atoms with van der Waals surface area (Å²) in [4.78, 5) is 27.5. The van der Waals surface area contributed by atoms with E-state index in [0.717, 1.165) is 97.2 Å². The fourth-order valence-corrected chi connectivity index (χ4v) is 7.85. The second-order valence-corrected chi connectivity index (χ2v) is 18.8. The van der Waals surface area contributed by atoms with Crippen LogP contribution in [0.2, 0.25) is 0 Å². The number of nitrogens with one attached hydrogen (secondary N) is 1. The minimum atomic E-state index is -0.182. The summed E-state index contributed by atoms with van der Waals surface area (Å²) in [6, 6.07) is 0.507. The highest BCUT2D eigenvalue weighted by molar-refractivity contribution is 5.69. The fourth-order valence-electron chi connectivity index (χ4n) is 7.85. The quantitative estimate of drug-likeness (QED) is 0.0360. The first-order chi connectivity index (χ1) is 31.3. The second-order valence-electron chi connectivity index (χ2n) is 18.8. The lowest BCUT2D eigenvalue weighted by Crippen LogP contribution is -2.44. The van der Waals surface area contributed by atoms with Crippen LogP contribution in [0.15, 0.2) is 0 Å². The van der Waals surface area contributed by atoms with Crippen molar-refractivity contribution in [3.63, 3.8) is 0 Å². The fraction of sp³-hybridized carbons (Fsp3) is 0.963. The molecule has 0 bridgehead atoms. The lowest BCUT2D eigenvalue weighted by atomic mass is 10.1. The molecule has 1 unspecified atom stereocenters. The Morgan fingerprint density at radius 3 is 1.12 bits per heavy atom. The van der Waals surface area contributed by atoms with E-state index < -0.39 is 0 Å². The van der Waals surface area contributed by atoms with E-state index in [1.54, 1.807) is 0 Å². The minimum absolute atomic E-state index is 0.136. The maximum atomic E-state index is 12.6. The summed E-state index contributed by atoms with van der Waals surface area (Å²) in [5.74, 6) is -0.283. The highest BCUT2D eigenvalue weighted by Crippen LogP contribution is 2.15. The SMILES string of the molecule is CCCCCCCCOC(CCCCC(=O)OCCNC(C)CN(CCOC(=O)CCCCC(OCCCCCCCC)OCCCCCCCC)C(C)C)OCCCCCCCC. The van der Waals surface area contributed by atoms with Crippen LogP contribution in [0.3, 0.4) is 0 Å². The number of hydrogen-bond acceptors (Lipinski definition) is 10. The van der Waals surface area contributed by atoms with Crippen molar-refractivity contribution in [3.05, 3.63) is 0 Å². The average Bonchev–Trinajstić information content (AvgIpc) is 3.28. The zero-order valence-electron chi connectivity index (χ0n) is 43.5. The molecule has 10 nitrogen and oxygen atoms in total. The van der Waals surface area contributed by atoms with Gasteiger partial charge in [0.25, 0.3) is 0 Å². The molecule has 64 heavy (non-hydrogen) atoms. The molecule has 0 rings (SSSR count). The molecule has 382 valence electrons. The number of carbonyl (C=O) groups excluding carboxylic acids is 2. The van der Waals surface area contributed by atoms with Gasteiger partial charge in [0.15, 0.2) is 12.6 Å². The second kappa shape index (κ2) is 49.6. The molecule has 10 heteroatoms. The summed E-state index contributed by atoms with van der Waals surface area (Å²) >= 11 is 0. The van der Waals surface area contributed by atoms with Crippen molar-refractivity contribution in [2.24, 2.45) is 0 Å². The molecule has 0 saturated carbocycles. The molecule has 0 fully saturated rings. The molecule has 0 aliphatic carbocycles. The van der Waals surface area contributed by atoms with Crippen LogP contribution in [0, 0.1) is 0 Å². The number of ether oxygens (including phenoxy) is 6. The summed E-state index contributed by atoms with van der Waals surface area (Å²) in [5, 5.41) is 3.50. The topological polar surface area (TPSA) is 105 Å². The van der Waals surface area contributed by atoms with Crippen LogP contribution in [0.25, 0.3) is 0 Å². The third-order valence-corrected chi connectivity index (χ3v) is 12.1. The van der Waals surface area contributed by atoms with Crippen molar-refractivity contribution in [2.45, 2.75) is 279 Å². The molecule has 0 aliphatic rings. The highest BCUT2D eigenvalue weighted by Gasteiger charge is 2.16. The van der Waals surface area contributed by atoms with Gasteiger partial charge in [-0.2, -0.15) is 0 Å². The molecule has 0 amide bonds. The molecule has 0 aliphatic heterocycles. The normalized spacial score (nSPS) is 12.4. The number of nitrogens with zero attached hydrogens (tertiary/aromatic N) is 1. The molecule has 1 atom stereocenters. The van der Waals surface area contributed by atoms with Gasteiger partial charge in [0, 0.05) is 71.0 Å². The Morgan fingerprint density at radius 2 is 0.766 bits per heavy atom. The Kier molecular flexibility index (Phi) is 48.6. The van der Waals surface area contributed by atoms with E-state index in [9.17, 15) is 9.59 Å². The predicted octanol–water partition coefficient (Wildman–Crippen LogP) is 14.0. The summed E-state index contributed by atoms with van der Waals surface area (Å²) in [6.07, 6.45) is 35.3. The van der Waals surface area contributed by atoms with Crippen molar-refractivity contribution in [2.75, 3.05) is 59.3 Å². The van der Waals surface area contributed by atoms with E-state index in [2.05, 4.69) is 58.7 Å². The van der Waals surface area contributed by atoms with Crippen LogP contribution in [-0.2, 0) is 38.0 Å². The zero-order chi connectivity index (χ0) is 47.0. The van der Waals surface area contributed by atoms with Crippen LogP contribution in [0.1, 0.15) is 254 Å². The van der Waals surface area contributed by atoms with Gasteiger partial charge < -0.3 is 33.7 Å². The molecule has 0 heterocycles. The Hall–Kier alpha value is -1.30. The molecular weight excluding hydrogens is 805 g/mol. The first-order valence-electron chi connectivity index (χ1n) is 27.5. The van der Waals surface area contributed by atoms with Crippen molar-refractivity contribution in [1.29, 1.82) is 0 Å². The van der Waals surface area contributed by atoms with E-state index in [0.29, 0.717) is 45.2 Å². The molecular formula is C54H108N2O8. The Labute approximate surface area is 396 Å². The Bertz CT molecular complexity index is 936. The molecule has 0 spiro atoms. The van der Waals surface area contributed by atoms with Crippen LogP contribution >= 0.6 is 0 Å². The largest absolute Gasteiger partial charge is 0.464 e. The third-order valence-electron chi connectivity index (χ3n) is 12.1.